The number of unbranched alkanes of at least 4 members (excludes halogenated alkanes) is 1. The minimum atomic E-state index is 0. The molecule has 0 spiro atoms. The van der Waals surface area contributed by atoms with Gasteiger partial charge < -0.3 is 0 Å². The highest BCUT2D eigenvalue weighted by atomic mass is 27.0. The van der Waals surface area contributed by atoms with Crippen LogP contribution in [0.25, 0.3) is 0 Å². The van der Waals surface area contributed by atoms with Crippen LogP contribution >= 0.6 is 0 Å². The molecule has 0 aromatic heterocycles. The zero-order valence-electron chi connectivity index (χ0n) is 7.11. The Labute approximate surface area is 68.9 Å². The fraction of sp³-hybridized carbons (Fsp3) is 1.00. The van der Waals surface area contributed by atoms with Gasteiger partial charge in [0, 0.05) is 1.43 Å². The minimum absolute atomic E-state index is 0. The molecule has 0 aromatic carbocycles. The number of hydrogen-bond donors (Lipinski definition) is 0. The molecule has 0 aromatic rings. The van der Waals surface area contributed by atoms with Gasteiger partial charge in [-0.05, 0) is 0 Å². The van der Waals surface area contributed by atoms with E-state index in [9.17, 15) is 0 Å². The average molecular weight is 144 g/mol. The van der Waals surface area contributed by atoms with E-state index in [1.807, 2.05) is 0 Å². The molecule has 0 radical (unpaired) electrons. The van der Waals surface area contributed by atoms with E-state index >= 15 is 0 Å². The molecule has 0 N–H and O–H groups in total. The molecule has 1 atom stereocenters. The summed E-state index contributed by atoms with van der Waals surface area (Å²) >= 11 is 1.40. The van der Waals surface area contributed by atoms with E-state index in [1.165, 1.54) is 47.3 Å². The molecule has 56 valence electrons. The third kappa shape index (κ3) is 5.00. The molecule has 0 aliphatic heterocycles. The predicted molar refractivity (Wildman–Crippen MR) is 48.8 cm³/mol. The van der Waals surface area contributed by atoms with E-state index < -0.39 is 0 Å². The lowest BCUT2D eigenvalue weighted by Crippen LogP contribution is -1.96. The third-order valence-corrected chi connectivity index (χ3v) is 3.28. The zero-order valence-corrected chi connectivity index (χ0v) is 9.11. The maximum atomic E-state index is 2.32. The molecule has 0 saturated heterocycles. The first-order chi connectivity index (χ1) is 4.35. The van der Waals surface area contributed by atoms with E-state index in [0.717, 1.165) is 5.92 Å². The van der Waals surface area contributed by atoms with Crippen molar-refractivity contribution in [3.8, 4) is 0 Å². The quantitative estimate of drug-likeness (QED) is 0.520. The first kappa shape index (κ1) is 9.53. The molecule has 0 nitrogen and oxygen atoms in total. The molecule has 0 fully saturated rings. The highest BCUT2D eigenvalue weighted by Gasteiger charge is 2.00. The third-order valence-electron chi connectivity index (χ3n) is 2.12. The van der Waals surface area contributed by atoms with Gasteiger partial charge in [-0.2, -0.15) is 0 Å². The second-order valence-electron chi connectivity index (χ2n) is 2.82. The maximum absolute atomic E-state index is 2.32. The summed E-state index contributed by atoms with van der Waals surface area (Å²) in [5, 5.41) is 1.51. The normalized spacial score (nSPS) is 13.6. The molecule has 1 heteroatoms. The Bertz CT molecular complexity index is 53.2. The van der Waals surface area contributed by atoms with Crippen LogP contribution in [-0.2, 0) is 0 Å². The van der Waals surface area contributed by atoms with Crippen LogP contribution in [0.1, 0.15) is 41.0 Å². The summed E-state index contributed by atoms with van der Waals surface area (Å²) in [6.45, 7) is 4.60. The Balaban J connectivity index is 0. The van der Waals surface area contributed by atoms with Crippen molar-refractivity contribution in [3.63, 3.8) is 0 Å². The van der Waals surface area contributed by atoms with Gasteiger partial charge in [0.15, 0.2) is 0 Å². The Kier molecular flexibility index (Phi) is 7.04. The second-order valence-corrected chi connectivity index (χ2v) is 3.64. The van der Waals surface area contributed by atoms with Crippen LogP contribution in [0.4, 0.5) is 0 Å². The Hall–Kier alpha value is 0.532. The molecule has 1 unspecified atom stereocenters. The first-order valence-electron chi connectivity index (χ1n) is 4.35. The summed E-state index contributed by atoms with van der Waals surface area (Å²) in [5.74, 6) is 1.07. The van der Waals surface area contributed by atoms with Crippen LogP contribution in [0.3, 0.4) is 0 Å². The van der Waals surface area contributed by atoms with Gasteiger partial charge in [0.1, 0.15) is 0 Å². The van der Waals surface area contributed by atoms with Crippen LogP contribution in [0.2, 0.25) is 5.28 Å². The molecule has 0 bridgehead atoms. The van der Waals surface area contributed by atoms with Gasteiger partial charge in [-0.3, -0.25) is 0 Å². The van der Waals surface area contributed by atoms with Gasteiger partial charge >= 0.3 is 0 Å². The molecule has 0 aliphatic carbocycles. The average Bonchev–Trinajstić information content (AvgIpc) is 1.91. The van der Waals surface area contributed by atoms with Crippen LogP contribution < -0.4 is 0 Å². The predicted octanol–water partition coefficient (Wildman–Crippen LogP) is 2.50. The fourth-order valence-corrected chi connectivity index (χ4v) is 2.18. The lowest BCUT2D eigenvalue weighted by Gasteiger charge is -2.09. The van der Waals surface area contributed by atoms with E-state index in [0.29, 0.717) is 0 Å². The standard InChI is InChI=1S/C8H17.Al.H2.2H/c1-4-6-7-8(3)5-2;;;;/h8H,3-7H2,1-2H3;;1H;;. The summed E-state index contributed by atoms with van der Waals surface area (Å²) in [6, 6.07) is 0. The zero-order chi connectivity index (χ0) is 7.11. The van der Waals surface area contributed by atoms with Crippen molar-refractivity contribution in [1.29, 1.82) is 0 Å². The van der Waals surface area contributed by atoms with Gasteiger partial charge in [0.05, 0.1) is 0 Å². The molecule has 0 heterocycles. The van der Waals surface area contributed by atoms with Crippen molar-refractivity contribution in [2.24, 2.45) is 5.92 Å². The smallest absolute Gasteiger partial charge is 0.0985 e. The summed E-state index contributed by atoms with van der Waals surface area (Å²) in [4.78, 5) is 0. The van der Waals surface area contributed by atoms with E-state index in [1.54, 1.807) is 0 Å². The first-order valence-corrected chi connectivity index (χ1v) is 5.76. The minimum Gasteiger partial charge on any atom is -0.0985 e. The largest absolute Gasteiger partial charge is 0.212 e. The summed E-state index contributed by atoms with van der Waals surface area (Å²) in [5.41, 5.74) is 0. The summed E-state index contributed by atoms with van der Waals surface area (Å²) < 4.78 is 0. The van der Waals surface area contributed by atoms with Crippen LogP contribution in [0.5, 0.6) is 0 Å². The highest BCUT2D eigenvalue weighted by Crippen LogP contribution is 2.14. The Morgan fingerprint density at radius 1 is 1.44 bits per heavy atom. The SMILES string of the molecule is CCCCC(CC)[CH2][AlH2].[HH]. The lowest BCUT2D eigenvalue weighted by atomic mass is 10.0. The van der Waals surface area contributed by atoms with Crippen molar-refractivity contribution in [1.82, 2.24) is 0 Å². The molecule has 0 rings (SSSR count). The molecule has 0 saturated carbocycles. The van der Waals surface area contributed by atoms with Crippen molar-refractivity contribution < 1.29 is 1.43 Å². The van der Waals surface area contributed by atoms with Gasteiger partial charge in [-0.25, -0.2) is 0 Å². The van der Waals surface area contributed by atoms with E-state index in [-0.39, 0.29) is 1.43 Å². The molecule has 0 aliphatic rings. The fourth-order valence-electron chi connectivity index (χ4n) is 1.19. The maximum Gasteiger partial charge on any atom is 0.212 e. The van der Waals surface area contributed by atoms with E-state index in [4.69, 9.17) is 0 Å². The van der Waals surface area contributed by atoms with Gasteiger partial charge in [0.25, 0.3) is 0 Å². The van der Waals surface area contributed by atoms with Crippen molar-refractivity contribution in [2.45, 2.75) is 44.8 Å². The number of rotatable bonds is 5. The topological polar surface area (TPSA) is 0 Å². The van der Waals surface area contributed by atoms with Crippen LogP contribution in [-0.4, -0.2) is 16.3 Å². The van der Waals surface area contributed by atoms with E-state index in [2.05, 4.69) is 13.8 Å². The van der Waals surface area contributed by atoms with Crippen molar-refractivity contribution in [3.05, 3.63) is 0 Å². The Morgan fingerprint density at radius 3 is 2.44 bits per heavy atom. The Morgan fingerprint density at radius 2 is 2.11 bits per heavy atom. The summed E-state index contributed by atoms with van der Waals surface area (Å²) in [6.07, 6.45) is 5.71. The van der Waals surface area contributed by atoms with Gasteiger partial charge in [0.2, 0.25) is 16.3 Å². The molecular formula is C8H21Al. The highest BCUT2D eigenvalue weighted by molar-refractivity contribution is 6.08. The lowest BCUT2D eigenvalue weighted by molar-refractivity contribution is 0.492. The van der Waals surface area contributed by atoms with Crippen LogP contribution in [0, 0.1) is 5.92 Å². The second kappa shape index (κ2) is 6.65. The number of hydrogen-bond acceptors (Lipinski definition) is 0. The van der Waals surface area contributed by atoms with Gasteiger partial charge in [-0.1, -0.05) is 50.7 Å². The van der Waals surface area contributed by atoms with Crippen molar-refractivity contribution >= 4 is 16.3 Å². The molecule has 9 heavy (non-hydrogen) atoms. The monoisotopic (exact) mass is 144 g/mol. The van der Waals surface area contributed by atoms with Crippen LogP contribution in [0.15, 0.2) is 0 Å². The molecular weight excluding hydrogens is 123 g/mol. The summed E-state index contributed by atoms with van der Waals surface area (Å²) in [7, 11) is 0. The molecule has 0 amide bonds. The van der Waals surface area contributed by atoms with Gasteiger partial charge in [-0.15, -0.1) is 0 Å². The van der Waals surface area contributed by atoms with Crippen molar-refractivity contribution in [2.75, 3.05) is 0 Å².